The smallest absolute Gasteiger partial charge is 0.344 e. The third-order valence-electron chi connectivity index (χ3n) is 5.67. The van der Waals surface area contributed by atoms with Gasteiger partial charge in [0.25, 0.3) is 5.91 Å². The summed E-state index contributed by atoms with van der Waals surface area (Å²) in [5.41, 5.74) is 1.95. The van der Waals surface area contributed by atoms with Gasteiger partial charge in [-0.05, 0) is 43.7 Å². The molecule has 1 aliphatic heterocycles. The van der Waals surface area contributed by atoms with Crippen molar-refractivity contribution in [2.75, 3.05) is 47.6 Å². The molecule has 11 nitrogen and oxygen atoms in total. The van der Waals surface area contributed by atoms with Gasteiger partial charge in [0, 0.05) is 24.7 Å². The SMILES string of the molecule is CCOC(=O)COc1c(OC)cc(C(=O)CN2Cc3cc(OCC)c(C(=O)NC)cc3C2=N)cc1OC. The number of hydrogen-bond acceptors (Lipinski definition) is 9. The van der Waals surface area contributed by atoms with E-state index in [-0.39, 0.29) is 60.1 Å². The fourth-order valence-electron chi connectivity index (χ4n) is 3.93. The second-order valence-corrected chi connectivity index (χ2v) is 7.95. The van der Waals surface area contributed by atoms with E-state index in [0.717, 1.165) is 5.56 Å². The number of Topliss-reactive ketones (excluding diaryl/α,β-unsaturated/α-hetero) is 1. The van der Waals surface area contributed by atoms with Gasteiger partial charge in [-0.1, -0.05) is 0 Å². The monoisotopic (exact) mass is 513 g/mol. The second-order valence-electron chi connectivity index (χ2n) is 7.95. The van der Waals surface area contributed by atoms with Gasteiger partial charge in [0.05, 0.1) is 39.5 Å². The minimum Gasteiger partial charge on any atom is -0.493 e. The van der Waals surface area contributed by atoms with Crippen molar-refractivity contribution in [2.24, 2.45) is 0 Å². The summed E-state index contributed by atoms with van der Waals surface area (Å²) in [5.74, 6) is -0.0150. The van der Waals surface area contributed by atoms with Crippen molar-refractivity contribution in [2.45, 2.75) is 20.4 Å². The summed E-state index contributed by atoms with van der Waals surface area (Å²) in [7, 11) is 4.34. The van der Waals surface area contributed by atoms with E-state index in [1.165, 1.54) is 33.4 Å². The highest BCUT2D eigenvalue weighted by molar-refractivity contribution is 6.07. The predicted molar refractivity (Wildman–Crippen MR) is 134 cm³/mol. The van der Waals surface area contributed by atoms with Crippen LogP contribution in [0.4, 0.5) is 0 Å². The number of nitrogens with zero attached hydrogens (tertiary/aromatic N) is 1. The number of fused-ring (bicyclic) bond motifs is 1. The van der Waals surface area contributed by atoms with Crippen molar-refractivity contribution in [1.29, 1.82) is 5.41 Å². The van der Waals surface area contributed by atoms with Gasteiger partial charge in [-0.25, -0.2) is 4.79 Å². The first-order valence-corrected chi connectivity index (χ1v) is 11.7. The Hall–Kier alpha value is -4.28. The Labute approximate surface area is 215 Å². The average molecular weight is 514 g/mol. The van der Waals surface area contributed by atoms with Crippen LogP contribution in [0.3, 0.4) is 0 Å². The first-order chi connectivity index (χ1) is 17.8. The molecule has 0 fully saturated rings. The predicted octanol–water partition coefficient (Wildman–Crippen LogP) is 2.43. The van der Waals surface area contributed by atoms with E-state index in [9.17, 15) is 14.4 Å². The van der Waals surface area contributed by atoms with Crippen LogP contribution in [-0.2, 0) is 16.1 Å². The summed E-state index contributed by atoms with van der Waals surface area (Å²) in [6.07, 6.45) is 0. The Bertz CT molecular complexity index is 1190. The molecule has 1 aliphatic rings. The number of ketones is 1. The van der Waals surface area contributed by atoms with Crippen molar-refractivity contribution in [3.8, 4) is 23.0 Å². The topological polar surface area (TPSA) is 136 Å². The average Bonchev–Trinajstić information content (AvgIpc) is 3.19. The van der Waals surface area contributed by atoms with Gasteiger partial charge in [-0.15, -0.1) is 0 Å². The summed E-state index contributed by atoms with van der Waals surface area (Å²) in [6.45, 7) is 3.98. The number of amidine groups is 1. The standard InChI is InChI=1S/C26H31N3O8/c1-6-35-20-10-16-12-29(25(27)17(16)11-18(20)26(32)28-3)13-19(30)15-8-21(33-4)24(22(9-15)34-5)37-14-23(31)36-7-2/h8-11,27H,6-7,12-14H2,1-5H3,(H,28,32). The number of esters is 1. The second kappa shape index (κ2) is 12.1. The Balaban J connectivity index is 1.83. The molecule has 1 heterocycles. The van der Waals surface area contributed by atoms with E-state index in [2.05, 4.69) is 5.32 Å². The van der Waals surface area contributed by atoms with E-state index in [4.69, 9.17) is 29.1 Å². The van der Waals surface area contributed by atoms with Crippen LogP contribution in [0.15, 0.2) is 24.3 Å². The van der Waals surface area contributed by atoms with Crippen molar-refractivity contribution in [1.82, 2.24) is 10.2 Å². The lowest BCUT2D eigenvalue weighted by molar-refractivity contribution is -0.145. The van der Waals surface area contributed by atoms with Crippen LogP contribution in [0, 0.1) is 5.41 Å². The normalized spacial score (nSPS) is 12.0. The van der Waals surface area contributed by atoms with Gasteiger partial charge in [0.2, 0.25) is 5.75 Å². The van der Waals surface area contributed by atoms with Crippen LogP contribution in [0.25, 0.3) is 0 Å². The van der Waals surface area contributed by atoms with E-state index in [0.29, 0.717) is 30.0 Å². The maximum absolute atomic E-state index is 13.2. The molecular weight excluding hydrogens is 482 g/mol. The molecule has 0 radical (unpaired) electrons. The lowest BCUT2D eigenvalue weighted by Gasteiger charge is -2.19. The number of amides is 1. The largest absolute Gasteiger partial charge is 0.493 e. The van der Waals surface area contributed by atoms with Crippen molar-refractivity contribution in [3.63, 3.8) is 0 Å². The van der Waals surface area contributed by atoms with E-state index < -0.39 is 5.97 Å². The molecule has 1 amide bonds. The van der Waals surface area contributed by atoms with E-state index in [1.807, 2.05) is 6.92 Å². The summed E-state index contributed by atoms with van der Waals surface area (Å²) >= 11 is 0. The summed E-state index contributed by atoms with van der Waals surface area (Å²) < 4.78 is 26.8. The molecule has 0 aromatic heterocycles. The third-order valence-corrected chi connectivity index (χ3v) is 5.67. The molecule has 0 unspecified atom stereocenters. The Morgan fingerprint density at radius 1 is 0.973 bits per heavy atom. The quantitative estimate of drug-likeness (QED) is 0.324. The third kappa shape index (κ3) is 5.93. The van der Waals surface area contributed by atoms with Crippen LogP contribution >= 0.6 is 0 Å². The van der Waals surface area contributed by atoms with Gasteiger partial charge in [0.15, 0.2) is 23.9 Å². The number of hydrogen-bond donors (Lipinski definition) is 2. The lowest BCUT2D eigenvalue weighted by Crippen LogP contribution is -2.30. The van der Waals surface area contributed by atoms with Gasteiger partial charge in [-0.3, -0.25) is 15.0 Å². The molecular formula is C26H31N3O8. The van der Waals surface area contributed by atoms with Gasteiger partial charge in [0.1, 0.15) is 11.6 Å². The molecule has 11 heteroatoms. The zero-order chi connectivity index (χ0) is 27.1. The van der Waals surface area contributed by atoms with E-state index >= 15 is 0 Å². The van der Waals surface area contributed by atoms with Gasteiger partial charge in [-0.2, -0.15) is 0 Å². The first-order valence-electron chi connectivity index (χ1n) is 11.7. The van der Waals surface area contributed by atoms with Crippen LogP contribution in [-0.4, -0.2) is 76.0 Å². The van der Waals surface area contributed by atoms with Gasteiger partial charge < -0.3 is 33.9 Å². The first kappa shape index (κ1) is 27.3. The number of carbonyl (C=O) groups excluding carboxylic acids is 3. The highest BCUT2D eigenvalue weighted by Gasteiger charge is 2.30. The molecule has 0 spiro atoms. The van der Waals surface area contributed by atoms with Crippen molar-refractivity contribution in [3.05, 3.63) is 46.5 Å². The summed E-state index contributed by atoms with van der Waals surface area (Å²) in [6, 6.07) is 6.35. The fourth-order valence-corrected chi connectivity index (χ4v) is 3.93. The molecule has 0 saturated carbocycles. The maximum atomic E-state index is 13.2. The van der Waals surface area contributed by atoms with Gasteiger partial charge >= 0.3 is 5.97 Å². The van der Waals surface area contributed by atoms with E-state index in [1.54, 1.807) is 24.0 Å². The minimum atomic E-state index is -0.550. The molecule has 2 aromatic carbocycles. The number of rotatable bonds is 12. The van der Waals surface area contributed by atoms with Crippen LogP contribution < -0.4 is 24.3 Å². The van der Waals surface area contributed by atoms with Crippen LogP contribution in [0.1, 0.15) is 45.7 Å². The molecule has 198 valence electrons. The summed E-state index contributed by atoms with van der Waals surface area (Å²) in [5, 5.41) is 11.2. The number of ether oxygens (including phenoxy) is 5. The molecule has 2 aromatic rings. The lowest BCUT2D eigenvalue weighted by atomic mass is 10.0. The zero-order valence-electron chi connectivity index (χ0n) is 21.6. The molecule has 0 atom stereocenters. The molecule has 37 heavy (non-hydrogen) atoms. The number of nitrogens with one attached hydrogen (secondary N) is 2. The molecule has 2 N–H and O–H groups in total. The Morgan fingerprint density at radius 2 is 1.65 bits per heavy atom. The molecule has 0 aliphatic carbocycles. The van der Waals surface area contributed by atoms with Crippen LogP contribution in [0.5, 0.6) is 23.0 Å². The highest BCUT2D eigenvalue weighted by Crippen LogP contribution is 2.39. The Morgan fingerprint density at radius 3 is 2.22 bits per heavy atom. The summed E-state index contributed by atoms with van der Waals surface area (Å²) in [4.78, 5) is 38.9. The number of methoxy groups -OCH3 is 2. The fraction of sp³-hybridized carbons (Fsp3) is 0.385. The zero-order valence-corrected chi connectivity index (χ0v) is 21.6. The molecule has 3 rings (SSSR count). The number of carbonyl (C=O) groups is 3. The minimum absolute atomic E-state index is 0.0951. The number of benzene rings is 2. The van der Waals surface area contributed by atoms with Crippen molar-refractivity contribution < 1.29 is 38.1 Å². The van der Waals surface area contributed by atoms with Crippen molar-refractivity contribution >= 4 is 23.5 Å². The van der Waals surface area contributed by atoms with Crippen LogP contribution in [0.2, 0.25) is 0 Å². The maximum Gasteiger partial charge on any atom is 0.344 e. The highest BCUT2D eigenvalue weighted by atomic mass is 16.6. The Kier molecular flexibility index (Phi) is 8.94. The molecule has 0 saturated heterocycles. The molecule has 0 bridgehead atoms.